The third kappa shape index (κ3) is 2.37. The Hall–Kier alpha value is -2.13. The Morgan fingerprint density at radius 3 is 2.89 bits per heavy atom. The maximum absolute atomic E-state index is 10.7. The van der Waals surface area contributed by atoms with Gasteiger partial charge in [0.15, 0.2) is 0 Å². The molecule has 2 aromatic heterocycles. The Morgan fingerprint density at radius 1 is 1.26 bits per heavy atom. The standard InChI is InChI=1S/C15H11ClN2O/c16-14-4-2-1-3-12(14)8-13-9-18-6-5-11(10-19)7-15(18)17-13/h1-7,9-10H,8H2. The van der Waals surface area contributed by atoms with Crippen molar-refractivity contribution in [2.24, 2.45) is 0 Å². The zero-order chi connectivity index (χ0) is 13.2. The lowest BCUT2D eigenvalue weighted by Crippen LogP contribution is -1.88. The molecule has 0 aliphatic heterocycles. The van der Waals surface area contributed by atoms with Crippen LogP contribution in [0.3, 0.4) is 0 Å². The Morgan fingerprint density at radius 2 is 2.11 bits per heavy atom. The maximum Gasteiger partial charge on any atom is 0.150 e. The number of carbonyl (C=O) groups excluding carboxylic acids is 1. The van der Waals surface area contributed by atoms with Crippen LogP contribution in [0.25, 0.3) is 5.65 Å². The first-order valence-corrected chi connectivity index (χ1v) is 6.30. The smallest absolute Gasteiger partial charge is 0.150 e. The van der Waals surface area contributed by atoms with Crippen molar-refractivity contribution in [1.29, 1.82) is 0 Å². The summed E-state index contributed by atoms with van der Waals surface area (Å²) in [5.41, 5.74) is 3.37. The molecule has 3 aromatic rings. The molecule has 0 saturated carbocycles. The molecule has 0 unspecified atom stereocenters. The van der Waals surface area contributed by atoms with Crippen LogP contribution in [0.4, 0.5) is 0 Å². The van der Waals surface area contributed by atoms with Gasteiger partial charge in [-0.15, -0.1) is 0 Å². The number of hydrogen-bond donors (Lipinski definition) is 0. The molecule has 0 amide bonds. The predicted molar refractivity (Wildman–Crippen MR) is 74.8 cm³/mol. The zero-order valence-electron chi connectivity index (χ0n) is 10.1. The van der Waals surface area contributed by atoms with Crippen LogP contribution in [-0.4, -0.2) is 15.7 Å². The zero-order valence-corrected chi connectivity index (χ0v) is 10.8. The van der Waals surface area contributed by atoms with Crippen LogP contribution in [0.15, 0.2) is 48.8 Å². The van der Waals surface area contributed by atoms with Crippen LogP contribution in [-0.2, 0) is 6.42 Å². The van der Waals surface area contributed by atoms with Gasteiger partial charge in [-0.1, -0.05) is 29.8 Å². The number of hydrogen-bond acceptors (Lipinski definition) is 2. The van der Waals surface area contributed by atoms with Gasteiger partial charge in [-0.2, -0.15) is 0 Å². The van der Waals surface area contributed by atoms with Crippen molar-refractivity contribution in [3.8, 4) is 0 Å². The number of aromatic nitrogens is 2. The van der Waals surface area contributed by atoms with E-state index in [1.165, 1.54) is 0 Å². The highest BCUT2D eigenvalue weighted by Gasteiger charge is 2.06. The molecular weight excluding hydrogens is 260 g/mol. The summed E-state index contributed by atoms with van der Waals surface area (Å²) in [5.74, 6) is 0. The Bertz CT molecular complexity index is 749. The normalized spacial score (nSPS) is 10.8. The second kappa shape index (κ2) is 4.86. The van der Waals surface area contributed by atoms with Crippen LogP contribution in [0.2, 0.25) is 5.02 Å². The first kappa shape index (κ1) is 11.9. The van der Waals surface area contributed by atoms with Gasteiger partial charge >= 0.3 is 0 Å². The SMILES string of the molecule is O=Cc1ccn2cc(Cc3ccccc3Cl)nc2c1. The molecule has 0 N–H and O–H groups in total. The molecule has 0 atom stereocenters. The van der Waals surface area contributed by atoms with E-state index in [0.29, 0.717) is 12.0 Å². The van der Waals surface area contributed by atoms with E-state index in [9.17, 15) is 4.79 Å². The molecule has 0 saturated heterocycles. The van der Waals surface area contributed by atoms with Crippen LogP contribution in [0.5, 0.6) is 0 Å². The van der Waals surface area contributed by atoms with E-state index in [-0.39, 0.29) is 0 Å². The lowest BCUT2D eigenvalue weighted by atomic mass is 10.1. The van der Waals surface area contributed by atoms with Crippen molar-refractivity contribution < 1.29 is 4.79 Å². The van der Waals surface area contributed by atoms with Gasteiger partial charge in [0.2, 0.25) is 0 Å². The van der Waals surface area contributed by atoms with E-state index in [4.69, 9.17) is 11.6 Å². The molecule has 94 valence electrons. The number of aldehydes is 1. The van der Waals surface area contributed by atoms with Crippen molar-refractivity contribution in [2.75, 3.05) is 0 Å². The number of pyridine rings is 1. The quantitative estimate of drug-likeness (QED) is 0.684. The molecule has 0 fully saturated rings. The average Bonchev–Trinajstić information content (AvgIpc) is 2.82. The molecule has 0 bridgehead atoms. The van der Waals surface area contributed by atoms with E-state index in [0.717, 1.165) is 28.2 Å². The van der Waals surface area contributed by atoms with Crippen LogP contribution < -0.4 is 0 Å². The number of halogens is 1. The largest absolute Gasteiger partial charge is 0.307 e. The van der Waals surface area contributed by atoms with Gasteiger partial charge < -0.3 is 4.40 Å². The minimum atomic E-state index is 0.627. The van der Waals surface area contributed by atoms with E-state index in [2.05, 4.69) is 4.98 Å². The monoisotopic (exact) mass is 270 g/mol. The molecule has 0 radical (unpaired) electrons. The van der Waals surface area contributed by atoms with Crippen LogP contribution in [0, 0.1) is 0 Å². The summed E-state index contributed by atoms with van der Waals surface area (Å²) in [6.45, 7) is 0. The minimum absolute atomic E-state index is 0.627. The summed E-state index contributed by atoms with van der Waals surface area (Å²) in [6.07, 6.45) is 5.29. The molecular formula is C15H11ClN2O. The maximum atomic E-state index is 10.7. The summed E-state index contributed by atoms with van der Waals surface area (Å²) in [6, 6.07) is 11.3. The van der Waals surface area contributed by atoms with Crippen molar-refractivity contribution in [2.45, 2.75) is 6.42 Å². The number of benzene rings is 1. The number of imidazole rings is 1. The molecule has 0 aliphatic rings. The third-order valence-corrected chi connectivity index (χ3v) is 3.37. The third-order valence-electron chi connectivity index (χ3n) is 3.00. The number of fused-ring (bicyclic) bond motifs is 1. The first-order valence-electron chi connectivity index (χ1n) is 5.92. The summed E-state index contributed by atoms with van der Waals surface area (Å²) in [7, 11) is 0. The number of carbonyl (C=O) groups is 1. The van der Waals surface area contributed by atoms with Gasteiger partial charge in [0.25, 0.3) is 0 Å². The average molecular weight is 271 g/mol. The van der Waals surface area contributed by atoms with Gasteiger partial charge in [0.05, 0.1) is 5.69 Å². The predicted octanol–water partition coefficient (Wildman–Crippen LogP) is 3.39. The van der Waals surface area contributed by atoms with Gasteiger partial charge in [-0.25, -0.2) is 4.98 Å². The molecule has 1 aromatic carbocycles. The fraction of sp³-hybridized carbons (Fsp3) is 0.0667. The lowest BCUT2D eigenvalue weighted by Gasteiger charge is -2.00. The Labute approximate surface area is 115 Å². The summed E-state index contributed by atoms with van der Waals surface area (Å²) in [4.78, 5) is 15.2. The first-order chi connectivity index (χ1) is 9.26. The van der Waals surface area contributed by atoms with E-state index in [1.807, 2.05) is 41.1 Å². The molecule has 4 heteroatoms. The fourth-order valence-corrected chi connectivity index (χ4v) is 2.25. The van der Waals surface area contributed by atoms with Crippen molar-refractivity contribution >= 4 is 23.5 Å². The summed E-state index contributed by atoms with van der Waals surface area (Å²) in [5, 5.41) is 0.744. The highest BCUT2D eigenvalue weighted by atomic mass is 35.5. The number of nitrogens with zero attached hydrogens (tertiary/aromatic N) is 2. The lowest BCUT2D eigenvalue weighted by molar-refractivity contribution is 0.112. The van der Waals surface area contributed by atoms with Crippen molar-refractivity contribution in [3.63, 3.8) is 0 Å². The van der Waals surface area contributed by atoms with Gasteiger partial charge in [0, 0.05) is 29.4 Å². The molecule has 3 nitrogen and oxygen atoms in total. The highest BCUT2D eigenvalue weighted by Crippen LogP contribution is 2.19. The Balaban J connectivity index is 1.98. The second-order valence-corrected chi connectivity index (χ2v) is 4.75. The van der Waals surface area contributed by atoms with E-state index < -0.39 is 0 Å². The summed E-state index contributed by atoms with van der Waals surface area (Å²) >= 11 is 6.14. The minimum Gasteiger partial charge on any atom is -0.307 e. The fourth-order valence-electron chi connectivity index (χ4n) is 2.05. The van der Waals surface area contributed by atoms with Crippen LogP contribution >= 0.6 is 11.6 Å². The van der Waals surface area contributed by atoms with Gasteiger partial charge in [0.1, 0.15) is 11.9 Å². The van der Waals surface area contributed by atoms with Gasteiger partial charge in [-0.05, 0) is 23.8 Å². The molecule has 0 spiro atoms. The van der Waals surface area contributed by atoms with E-state index >= 15 is 0 Å². The highest BCUT2D eigenvalue weighted by molar-refractivity contribution is 6.31. The molecule has 19 heavy (non-hydrogen) atoms. The van der Waals surface area contributed by atoms with Crippen molar-refractivity contribution in [1.82, 2.24) is 9.38 Å². The topological polar surface area (TPSA) is 34.4 Å². The molecule has 0 aliphatic carbocycles. The van der Waals surface area contributed by atoms with E-state index in [1.54, 1.807) is 12.1 Å². The van der Waals surface area contributed by atoms with Crippen LogP contribution in [0.1, 0.15) is 21.6 Å². The molecule has 2 heterocycles. The Kier molecular flexibility index (Phi) is 3.05. The summed E-state index contributed by atoms with van der Waals surface area (Å²) < 4.78 is 1.90. The molecule has 3 rings (SSSR count). The number of rotatable bonds is 3. The second-order valence-electron chi connectivity index (χ2n) is 4.34. The van der Waals surface area contributed by atoms with Gasteiger partial charge in [-0.3, -0.25) is 4.79 Å². The van der Waals surface area contributed by atoms with Crippen molar-refractivity contribution in [3.05, 3.63) is 70.6 Å².